The fraction of sp³-hybridized carbons (Fsp3) is 0.318. The summed E-state index contributed by atoms with van der Waals surface area (Å²) in [7, 11) is 0. The number of aromatic nitrogens is 1. The van der Waals surface area contributed by atoms with Crippen LogP contribution in [0.25, 0.3) is 22.2 Å². The zero-order chi connectivity index (χ0) is 18.5. The molecule has 2 aromatic carbocycles. The minimum atomic E-state index is -0.283. The number of aromatic amines is 1. The third-order valence-corrected chi connectivity index (χ3v) is 4.60. The smallest absolute Gasteiger partial charge is 0.227 e. The molecule has 4 heteroatoms. The van der Waals surface area contributed by atoms with Gasteiger partial charge in [-0.1, -0.05) is 44.2 Å². The van der Waals surface area contributed by atoms with Gasteiger partial charge in [-0.2, -0.15) is 0 Å². The molecule has 0 saturated carbocycles. The molecule has 1 N–H and O–H groups in total. The van der Waals surface area contributed by atoms with Gasteiger partial charge in [0.05, 0.1) is 12.1 Å². The monoisotopic (exact) mass is 352 g/mol. The third kappa shape index (κ3) is 3.79. The van der Waals surface area contributed by atoms with Gasteiger partial charge in [-0.15, -0.1) is 0 Å². The Kier molecular flexibility index (Phi) is 5.71. The number of nitrogens with one attached hydrogen (secondary N) is 1. The van der Waals surface area contributed by atoms with Gasteiger partial charge in [-0.3, -0.25) is 4.79 Å². The summed E-state index contributed by atoms with van der Waals surface area (Å²) in [6.07, 6.45) is 2.20. The first-order chi connectivity index (χ1) is 12.6. The lowest BCUT2D eigenvalue weighted by Crippen LogP contribution is -2.33. The molecule has 136 valence electrons. The number of rotatable bonds is 7. The molecule has 1 heterocycles. The first-order valence-corrected chi connectivity index (χ1v) is 9.27. The predicted molar refractivity (Wildman–Crippen MR) is 105 cm³/mol. The number of benzene rings is 2. The average Bonchev–Trinajstić information content (AvgIpc) is 2.99. The molecule has 0 aliphatic rings. The van der Waals surface area contributed by atoms with Gasteiger partial charge in [0.15, 0.2) is 0 Å². The molecule has 0 fully saturated rings. The van der Waals surface area contributed by atoms with E-state index >= 15 is 0 Å². The van der Waals surface area contributed by atoms with Crippen molar-refractivity contribution in [1.82, 2.24) is 9.88 Å². The molecule has 0 bridgehead atoms. The van der Waals surface area contributed by atoms with Crippen LogP contribution in [0.4, 0.5) is 4.39 Å². The standard InChI is InChI=1S/C22H25FN2O/c1-3-12-25(13-4-2)21(26)15-19-18-11-10-17(23)14-20(18)24-22(19)16-8-6-5-7-9-16/h5-11,14,24H,3-4,12-13,15H2,1-2H3. The minimum absolute atomic E-state index is 0.121. The van der Waals surface area contributed by atoms with Crippen LogP contribution in [0.15, 0.2) is 48.5 Å². The highest BCUT2D eigenvalue weighted by atomic mass is 19.1. The van der Waals surface area contributed by atoms with Gasteiger partial charge in [-0.05, 0) is 42.2 Å². The summed E-state index contributed by atoms with van der Waals surface area (Å²) >= 11 is 0. The van der Waals surface area contributed by atoms with E-state index in [1.165, 1.54) is 12.1 Å². The number of halogens is 1. The zero-order valence-electron chi connectivity index (χ0n) is 15.4. The lowest BCUT2D eigenvalue weighted by Gasteiger charge is -2.21. The molecule has 26 heavy (non-hydrogen) atoms. The van der Waals surface area contributed by atoms with Gasteiger partial charge in [0.2, 0.25) is 5.91 Å². The molecular weight excluding hydrogens is 327 g/mol. The molecule has 1 aromatic heterocycles. The van der Waals surface area contributed by atoms with Crippen molar-refractivity contribution in [3.05, 3.63) is 59.9 Å². The summed E-state index contributed by atoms with van der Waals surface area (Å²) in [5, 5.41) is 0.909. The van der Waals surface area contributed by atoms with Gasteiger partial charge in [0.1, 0.15) is 5.82 Å². The van der Waals surface area contributed by atoms with Crippen molar-refractivity contribution in [2.45, 2.75) is 33.1 Å². The van der Waals surface area contributed by atoms with Crippen LogP contribution in [0.1, 0.15) is 32.3 Å². The fourth-order valence-corrected chi connectivity index (χ4v) is 3.43. The number of hydrogen-bond donors (Lipinski definition) is 1. The normalized spacial score (nSPS) is 11.0. The first-order valence-electron chi connectivity index (χ1n) is 9.27. The van der Waals surface area contributed by atoms with Crippen LogP contribution in [0.2, 0.25) is 0 Å². The van der Waals surface area contributed by atoms with Crippen LogP contribution in [0, 0.1) is 5.82 Å². The summed E-state index contributed by atoms with van der Waals surface area (Å²) in [4.78, 5) is 18.2. The third-order valence-electron chi connectivity index (χ3n) is 4.60. The Morgan fingerprint density at radius 3 is 2.38 bits per heavy atom. The van der Waals surface area contributed by atoms with Crippen LogP contribution >= 0.6 is 0 Å². The Morgan fingerprint density at radius 2 is 1.73 bits per heavy atom. The van der Waals surface area contributed by atoms with Crippen molar-refractivity contribution >= 4 is 16.8 Å². The summed E-state index contributed by atoms with van der Waals surface area (Å²) in [5.74, 6) is -0.161. The second-order valence-electron chi connectivity index (χ2n) is 6.59. The highest BCUT2D eigenvalue weighted by Crippen LogP contribution is 2.31. The quantitative estimate of drug-likeness (QED) is 0.626. The predicted octanol–water partition coefficient (Wildman–Crippen LogP) is 5.17. The molecule has 0 unspecified atom stereocenters. The molecule has 3 rings (SSSR count). The number of carbonyl (C=O) groups excluding carboxylic acids is 1. The van der Waals surface area contributed by atoms with Gasteiger partial charge in [-0.25, -0.2) is 4.39 Å². The first kappa shape index (κ1) is 18.2. The highest BCUT2D eigenvalue weighted by molar-refractivity contribution is 5.95. The van der Waals surface area contributed by atoms with Gasteiger partial charge < -0.3 is 9.88 Å². The molecule has 3 nitrogen and oxygen atoms in total. The minimum Gasteiger partial charge on any atom is -0.354 e. The van der Waals surface area contributed by atoms with E-state index in [9.17, 15) is 9.18 Å². The topological polar surface area (TPSA) is 36.1 Å². The largest absolute Gasteiger partial charge is 0.354 e. The maximum atomic E-state index is 13.7. The summed E-state index contributed by atoms with van der Waals surface area (Å²) in [5.41, 5.74) is 3.56. The number of amides is 1. The zero-order valence-corrected chi connectivity index (χ0v) is 15.4. The van der Waals surface area contributed by atoms with Gasteiger partial charge in [0, 0.05) is 24.0 Å². The Morgan fingerprint density at radius 1 is 1.04 bits per heavy atom. The average molecular weight is 352 g/mol. The molecule has 0 radical (unpaired) electrons. The van der Waals surface area contributed by atoms with Crippen LogP contribution in [-0.2, 0) is 11.2 Å². The fourth-order valence-electron chi connectivity index (χ4n) is 3.43. The number of fused-ring (bicyclic) bond motifs is 1. The molecule has 0 aliphatic carbocycles. The van der Waals surface area contributed by atoms with Crippen LogP contribution < -0.4 is 0 Å². The van der Waals surface area contributed by atoms with Crippen molar-refractivity contribution < 1.29 is 9.18 Å². The van der Waals surface area contributed by atoms with Crippen LogP contribution in [-0.4, -0.2) is 28.9 Å². The maximum Gasteiger partial charge on any atom is 0.227 e. The molecule has 0 aliphatic heterocycles. The van der Waals surface area contributed by atoms with Crippen LogP contribution in [0.3, 0.4) is 0 Å². The molecular formula is C22H25FN2O. The van der Waals surface area contributed by atoms with E-state index in [1.54, 1.807) is 6.07 Å². The van der Waals surface area contributed by atoms with Crippen molar-refractivity contribution in [2.75, 3.05) is 13.1 Å². The lowest BCUT2D eigenvalue weighted by molar-refractivity contribution is -0.130. The molecule has 3 aromatic rings. The second kappa shape index (κ2) is 8.17. The van der Waals surface area contributed by atoms with Gasteiger partial charge >= 0.3 is 0 Å². The number of H-pyrrole nitrogens is 1. The Balaban J connectivity index is 2.04. The van der Waals surface area contributed by atoms with Crippen molar-refractivity contribution in [3.63, 3.8) is 0 Å². The van der Waals surface area contributed by atoms with E-state index < -0.39 is 0 Å². The van der Waals surface area contributed by atoms with E-state index in [0.717, 1.165) is 53.7 Å². The summed E-state index contributed by atoms with van der Waals surface area (Å²) in [6, 6.07) is 14.6. The number of carbonyl (C=O) groups is 1. The van der Waals surface area contributed by atoms with Gasteiger partial charge in [0.25, 0.3) is 0 Å². The van der Waals surface area contributed by atoms with E-state index in [1.807, 2.05) is 35.2 Å². The van der Waals surface area contributed by atoms with Crippen molar-refractivity contribution in [1.29, 1.82) is 0 Å². The molecule has 0 saturated heterocycles. The Labute approximate surface area is 153 Å². The lowest BCUT2D eigenvalue weighted by atomic mass is 10.0. The number of nitrogens with zero attached hydrogens (tertiary/aromatic N) is 1. The second-order valence-corrected chi connectivity index (χ2v) is 6.59. The summed E-state index contributed by atoms with van der Waals surface area (Å²) < 4.78 is 13.7. The van der Waals surface area contributed by atoms with E-state index in [4.69, 9.17) is 0 Å². The SMILES string of the molecule is CCCN(CCC)C(=O)Cc1c(-c2ccccc2)[nH]c2cc(F)ccc12. The van der Waals surface area contributed by atoms with Crippen molar-refractivity contribution in [2.24, 2.45) is 0 Å². The Hall–Kier alpha value is -2.62. The Bertz CT molecular complexity index is 880. The van der Waals surface area contributed by atoms with E-state index in [2.05, 4.69) is 18.8 Å². The van der Waals surface area contributed by atoms with Crippen molar-refractivity contribution in [3.8, 4) is 11.3 Å². The molecule has 1 amide bonds. The maximum absolute atomic E-state index is 13.7. The van der Waals surface area contributed by atoms with E-state index in [-0.39, 0.29) is 11.7 Å². The van der Waals surface area contributed by atoms with Crippen LogP contribution in [0.5, 0.6) is 0 Å². The molecule has 0 atom stereocenters. The number of hydrogen-bond acceptors (Lipinski definition) is 1. The molecule has 0 spiro atoms. The summed E-state index contributed by atoms with van der Waals surface area (Å²) in [6.45, 7) is 5.70. The van der Waals surface area contributed by atoms with E-state index in [0.29, 0.717) is 6.42 Å². The highest BCUT2D eigenvalue weighted by Gasteiger charge is 2.19.